The largest absolute Gasteiger partial charge is 0.490 e. The molecular weight excluding hydrogens is 260 g/mol. The molecule has 3 rings (SSSR count). The van der Waals surface area contributed by atoms with Crippen molar-refractivity contribution in [3.63, 3.8) is 0 Å². The number of carbonyl (C=O) groups is 1. The first kappa shape index (κ1) is 12.2. The Labute approximate surface area is 117 Å². The number of ether oxygens (including phenoxy) is 1. The van der Waals surface area contributed by atoms with Gasteiger partial charge in [0.05, 0.1) is 6.10 Å². The molecule has 0 unspecified atom stereocenters. The summed E-state index contributed by atoms with van der Waals surface area (Å²) in [6.45, 7) is 0. The molecule has 0 amide bonds. The van der Waals surface area contributed by atoms with Crippen molar-refractivity contribution in [2.45, 2.75) is 18.9 Å². The number of rotatable bonds is 4. The minimum atomic E-state index is -0.0273. The van der Waals surface area contributed by atoms with Gasteiger partial charge in [0.2, 0.25) is 0 Å². The molecule has 1 fully saturated rings. The van der Waals surface area contributed by atoms with Crippen LogP contribution in [0.2, 0.25) is 5.02 Å². The van der Waals surface area contributed by atoms with Crippen LogP contribution in [0, 0.1) is 0 Å². The van der Waals surface area contributed by atoms with Crippen LogP contribution in [0.25, 0.3) is 0 Å². The van der Waals surface area contributed by atoms with Gasteiger partial charge in [-0.25, -0.2) is 0 Å². The molecule has 1 saturated carbocycles. The van der Waals surface area contributed by atoms with Crippen LogP contribution in [-0.2, 0) is 0 Å². The van der Waals surface area contributed by atoms with E-state index in [1.54, 1.807) is 36.4 Å². The molecular formula is C16H13ClO2. The van der Waals surface area contributed by atoms with Gasteiger partial charge in [0.1, 0.15) is 5.75 Å². The van der Waals surface area contributed by atoms with E-state index in [9.17, 15) is 4.79 Å². The van der Waals surface area contributed by atoms with Gasteiger partial charge < -0.3 is 4.74 Å². The van der Waals surface area contributed by atoms with E-state index in [4.69, 9.17) is 16.3 Å². The number of hydrogen-bond acceptors (Lipinski definition) is 2. The average Bonchev–Trinajstić information content (AvgIpc) is 3.23. The van der Waals surface area contributed by atoms with Gasteiger partial charge in [-0.3, -0.25) is 4.79 Å². The van der Waals surface area contributed by atoms with Crippen molar-refractivity contribution >= 4 is 17.4 Å². The van der Waals surface area contributed by atoms with E-state index in [0.29, 0.717) is 22.3 Å². The molecule has 2 aromatic carbocycles. The summed E-state index contributed by atoms with van der Waals surface area (Å²) in [7, 11) is 0. The standard InChI is InChI=1S/C16H13ClO2/c17-13-3-1-2-12(10-13)16(18)11-4-6-14(7-5-11)19-15-8-9-15/h1-7,10,15H,8-9H2. The van der Waals surface area contributed by atoms with E-state index in [1.807, 2.05) is 12.1 Å². The molecule has 0 heterocycles. The summed E-state index contributed by atoms with van der Waals surface area (Å²) in [6.07, 6.45) is 2.63. The lowest BCUT2D eigenvalue weighted by Crippen LogP contribution is -2.01. The molecule has 2 nitrogen and oxygen atoms in total. The van der Waals surface area contributed by atoms with Gasteiger partial charge in [0.25, 0.3) is 0 Å². The Bertz CT molecular complexity index is 600. The molecule has 0 aromatic heterocycles. The van der Waals surface area contributed by atoms with Gasteiger partial charge in [-0.2, -0.15) is 0 Å². The van der Waals surface area contributed by atoms with Crippen molar-refractivity contribution in [1.82, 2.24) is 0 Å². The highest BCUT2D eigenvalue weighted by molar-refractivity contribution is 6.31. The molecule has 19 heavy (non-hydrogen) atoms. The van der Waals surface area contributed by atoms with Crippen LogP contribution in [0.3, 0.4) is 0 Å². The van der Waals surface area contributed by atoms with Crippen LogP contribution < -0.4 is 4.74 Å². The molecule has 0 radical (unpaired) electrons. The first-order chi connectivity index (χ1) is 9.22. The number of ketones is 1. The molecule has 0 spiro atoms. The summed E-state index contributed by atoms with van der Waals surface area (Å²) in [5.74, 6) is 0.797. The Balaban J connectivity index is 1.79. The van der Waals surface area contributed by atoms with Crippen LogP contribution in [0.1, 0.15) is 28.8 Å². The summed E-state index contributed by atoms with van der Waals surface area (Å²) < 4.78 is 5.65. The maximum Gasteiger partial charge on any atom is 0.193 e. The molecule has 0 atom stereocenters. The van der Waals surface area contributed by atoms with Crippen molar-refractivity contribution in [2.24, 2.45) is 0 Å². The zero-order valence-corrected chi connectivity index (χ0v) is 11.1. The highest BCUT2D eigenvalue weighted by atomic mass is 35.5. The lowest BCUT2D eigenvalue weighted by atomic mass is 10.0. The Morgan fingerprint density at radius 1 is 1.05 bits per heavy atom. The predicted octanol–water partition coefficient (Wildman–Crippen LogP) is 4.11. The maximum absolute atomic E-state index is 12.2. The van der Waals surface area contributed by atoms with Crippen LogP contribution >= 0.6 is 11.6 Å². The number of hydrogen-bond donors (Lipinski definition) is 0. The van der Waals surface area contributed by atoms with Crippen LogP contribution in [0.5, 0.6) is 5.75 Å². The normalized spacial score (nSPS) is 14.2. The van der Waals surface area contributed by atoms with Crippen LogP contribution in [-0.4, -0.2) is 11.9 Å². The monoisotopic (exact) mass is 272 g/mol. The zero-order valence-electron chi connectivity index (χ0n) is 10.3. The fraction of sp³-hybridized carbons (Fsp3) is 0.188. The third kappa shape index (κ3) is 2.96. The average molecular weight is 273 g/mol. The van der Waals surface area contributed by atoms with E-state index < -0.39 is 0 Å². The molecule has 0 bridgehead atoms. The third-order valence-electron chi connectivity index (χ3n) is 3.03. The Kier molecular flexibility index (Phi) is 3.26. The second kappa shape index (κ2) is 5.06. The zero-order chi connectivity index (χ0) is 13.2. The highest BCUT2D eigenvalue weighted by Crippen LogP contribution is 2.27. The second-order valence-corrected chi connectivity index (χ2v) is 5.12. The summed E-state index contributed by atoms with van der Waals surface area (Å²) >= 11 is 5.89. The quantitative estimate of drug-likeness (QED) is 0.783. The summed E-state index contributed by atoms with van der Waals surface area (Å²) in [4.78, 5) is 12.2. The number of carbonyl (C=O) groups excluding carboxylic acids is 1. The molecule has 0 N–H and O–H groups in total. The van der Waals surface area contributed by atoms with Gasteiger partial charge in [0, 0.05) is 16.1 Å². The Hall–Kier alpha value is -1.80. The topological polar surface area (TPSA) is 26.3 Å². The molecule has 0 saturated heterocycles. The maximum atomic E-state index is 12.2. The van der Waals surface area contributed by atoms with Gasteiger partial charge >= 0.3 is 0 Å². The molecule has 1 aliphatic carbocycles. The van der Waals surface area contributed by atoms with Crippen LogP contribution in [0.15, 0.2) is 48.5 Å². The molecule has 0 aliphatic heterocycles. The minimum Gasteiger partial charge on any atom is -0.490 e. The molecule has 1 aliphatic rings. The Morgan fingerprint density at radius 3 is 2.42 bits per heavy atom. The van der Waals surface area contributed by atoms with E-state index >= 15 is 0 Å². The van der Waals surface area contributed by atoms with Crippen molar-refractivity contribution in [3.8, 4) is 5.75 Å². The number of benzene rings is 2. The summed E-state index contributed by atoms with van der Waals surface area (Å²) in [5.41, 5.74) is 1.24. The first-order valence-corrected chi connectivity index (χ1v) is 6.67. The SMILES string of the molecule is O=C(c1ccc(OC2CC2)cc1)c1cccc(Cl)c1. The fourth-order valence-corrected chi connectivity index (χ4v) is 2.05. The fourth-order valence-electron chi connectivity index (χ4n) is 1.86. The van der Waals surface area contributed by atoms with E-state index in [2.05, 4.69) is 0 Å². The summed E-state index contributed by atoms with van der Waals surface area (Å²) in [6, 6.07) is 14.3. The summed E-state index contributed by atoms with van der Waals surface area (Å²) in [5, 5.41) is 0.569. The van der Waals surface area contributed by atoms with E-state index in [1.165, 1.54) is 0 Å². The second-order valence-electron chi connectivity index (χ2n) is 4.68. The highest BCUT2D eigenvalue weighted by Gasteiger charge is 2.23. The third-order valence-corrected chi connectivity index (χ3v) is 3.27. The van der Waals surface area contributed by atoms with E-state index in [-0.39, 0.29) is 5.78 Å². The van der Waals surface area contributed by atoms with Crippen molar-refractivity contribution in [2.75, 3.05) is 0 Å². The van der Waals surface area contributed by atoms with Gasteiger partial charge in [-0.05, 0) is 49.2 Å². The smallest absolute Gasteiger partial charge is 0.193 e. The molecule has 2 aromatic rings. The predicted molar refractivity (Wildman–Crippen MR) is 75.0 cm³/mol. The Morgan fingerprint density at radius 2 is 1.79 bits per heavy atom. The lowest BCUT2D eigenvalue weighted by molar-refractivity contribution is 0.103. The number of halogens is 1. The molecule has 96 valence electrons. The molecule has 3 heteroatoms. The van der Waals surface area contributed by atoms with Crippen LogP contribution in [0.4, 0.5) is 0 Å². The van der Waals surface area contributed by atoms with E-state index in [0.717, 1.165) is 18.6 Å². The van der Waals surface area contributed by atoms with Gasteiger partial charge in [-0.15, -0.1) is 0 Å². The van der Waals surface area contributed by atoms with Crippen molar-refractivity contribution in [3.05, 3.63) is 64.7 Å². The van der Waals surface area contributed by atoms with Gasteiger partial charge in [-0.1, -0.05) is 23.7 Å². The lowest BCUT2D eigenvalue weighted by Gasteiger charge is -2.05. The minimum absolute atomic E-state index is 0.0273. The van der Waals surface area contributed by atoms with Crippen molar-refractivity contribution in [1.29, 1.82) is 0 Å². The van der Waals surface area contributed by atoms with Crippen molar-refractivity contribution < 1.29 is 9.53 Å². The van der Waals surface area contributed by atoms with Gasteiger partial charge in [0.15, 0.2) is 5.78 Å². The first-order valence-electron chi connectivity index (χ1n) is 6.29.